The van der Waals surface area contributed by atoms with Crippen molar-refractivity contribution in [2.24, 2.45) is 4.99 Å². The topological polar surface area (TPSA) is 70.6 Å². The second-order valence-electron chi connectivity index (χ2n) is 7.52. The van der Waals surface area contributed by atoms with Crippen molar-refractivity contribution in [3.8, 4) is 0 Å². The number of nitrogens with one attached hydrogen (secondary N) is 2. The van der Waals surface area contributed by atoms with Gasteiger partial charge in [0.05, 0.1) is 11.5 Å². The largest absolute Gasteiger partial charge is 0.356 e. The maximum atomic E-state index is 13.3. The third-order valence-electron chi connectivity index (χ3n) is 5.66. The Morgan fingerprint density at radius 1 is 1.23 bits per heavy atom. The fourth-order valence-electron chi connectivity index (χ4n) is 4.15. The molecule has 0 aromatic heterocycles. The van der Waals surface area contributed by atoms with Gasteiger partial charge in [-0.15, -0.1) is 0 Å². The van der Waals surface area contributed by atoms with E-state index in [9.17, 15) is 12.8 Å². The summed E-state index contributed by atoms with van der Waals surface area (Å²) < 4.78 is 36.6. The molecule has 1 saturated heterocycles. The number of hydrogen-bond donors (Lipinski definition) is 2. The highest BCUT2D eigenvalue weighted by molar-refractivity contribution is 7.91. The van der Waals surface area contributed by atoms with E-state index in [2.05, 4.69) is 15.6 Å². The summed E-state index contributed by atoms with van der Waals surface area (Å²) in [5.74, 6) is 0.824. The average molecular weight is 382 g/mol. The van der Waals surface area contributed by atoms with Crippen molar-refractivity contribution in [2.45, 2.75) is 50.0 Å². The summed E-state index contributed by atoms with van der Waals surface area (Å²) in [6, 6.07) is 6.76. The molecule has 1 saturated carbocycles. The molecule has 2 aliphatic rings. The molecular formula is C19H28FN3O2S. The zero-order chi connectivity index (χ0) is 18.6. The lowest BCUT2D eigenvalue weighted by Gasteiger charge is -2.38. The lowest BCUT2D eigenvalue weighted by atomic mass is 9.69. The van der Waals surface area contributed by atoms with Gasteiger partial charge in [-0.1, -0.05) is 31.4 Å². The van der Waals surface area contributed by atoms with Crippen LogP contribution in [-0.4, -0.2) is 45.5 Å². The Morgan fingerprint density at radius 2 is 1.92 bits per heavy atom. The van der Waals surface area contributed by atoms with Gasteiger partial charge in [0.15, 0.2) is 15.8 Å². The molecule has 1 aliphatic carbocycles. The van der Waals surface area contributed by atoms with Crippen molar-refractivity contribution in [3.63, 3.8) is 0 Å². The molecule has 1 aromatic rings. The highest BCUT2D eigenvalue weighted by Crippen LogP contribution is 2.39. The van der Waals surface area contributed by atoms with Crippen LogP contribution in [0, 0.1) is 5.82 Å². The molecule has 3 rings (SSSR count). The van der Waals surface area contributed by atoms with Crippen LogP contribution in [0.25, 0.3) is 0 Å². The van der Waals surface area contributed by atoms with Gasteiger partial charge in [-0.3, -0.25) is 4.99 Å². The molecule has 0 radical (unpaired) electrons. The maximum Gasteiger partial charge on any atom is 0.191 e. The molecule has 1 aromatic carbocycles. The smallest absolute Gasteiger partial charge is 0.191 e. The number of hydrogen-bond acceptors (Lipinski definition) is 3. The van der Waals surface area contributed by atoms with Crippen LogP contribution < -0.4 is 10.6 Å². The van der Waals surface area contributed by atoms with E-state index in [0.29, 0.717) is 18.9 Å². The quantitative estimate of drug-likeness (QED) is 0.621. The van der Waals surface area contributed by atoms with Gasteiger partial charge in [-0.05, 0) is 37.0 Å². The van der Waals surface area contributed by atoms with Gasteiger partial charge < -0.3 is 10.6 Å². The molecule has 7 heteroatoms. The number of sulfone groups is 1. The second-order valence-corrected chi connectivity index (χ2v) is 9.75. The van der Waals surface area contributed by atoms with Crippen LogP contribution in [0.4, 0.5) is 4.39 Å². The first-order chi connectivity index (χ1) is 12.4. The molecule has 0 bridgehead atoms. The summed E-state index contributed by atoms with van der Waals surface area (Å²) in [6.45, 7) is 0.706. The van der Waals surface area contributed by atoms with Crippen LogP contribution in [0.2, 0.25) is 0 Å². The molecule has 26 heavy (non-hydrogen) atoms. The lowest BCUT2D eigenvalue weighted by Crippen LogP contribution is -2.49. The average Bonchev–Trinajstić information content (AvgIpc) is 2.98. The van der Waals surface area contributed by atoms with Crippen LogP contribution in [0.1, 0.15) is 44.1 Å². The molecule has 144 valence electrons. The Hall–Kier alpha value is -1.63. The monoisotopic (exact) mass is 381 g/mol. The Bertz CT molecular complexity index is 741. The van der Waals surface area contributed by atoms with Crippen molar-refractivity contribution in [1.29, 1.82) is 0 Å². The minimum Gasteiger partial charge on any atom is -0.356 e. The molecule has 5 nitrogen and oxygen atoms in total. The third kappa shape index (κ3) is 4.55. The number of nitrogens with zero attached hydrogens (tertiary/aromatic N) is 1. The van der Waals surface area contributed by atoms with E-state index < -0.39 is 9.84 Å². The molecule has 1 aliphatic heterocycles. The number of benzene rings is 1. The zero-order valence-corrected chi connectivity index (χ0v) is 16.1. The summed E-state index contributed by atoms with van der Waals surface area (Å²) in [7, 11) is -1.23. The fraction of sp³-hybridized carbons (Fsp3) is 0.632. The number of guanidine groups is 1. The third-order valence-corrected chi connectivity index (χ3v) is 7.43. The van der Waals surface area contributed by atoms with Crippen LogP contribution in [0.15, 0.2) is 29.3 Å². The molecule has 1 heterocycles. The molecular weight excluding hydrogens is 353 g/mol. The van der Waals surface area contributed by atoms with Crippen LogP contribution in [0.5, 0.6) is 0 Å². The van der Waals surface area contributed by atoms with Gasteiger partial charge in [0.2, 0.25) is 0 Å². The highest BCUT2D eigenvalue weighted by Gasteiger charge is 2.34. The van der Waals surface area contributed by atoms with E-state index in [1.54, 1.807) is 7.05 Å². The van der Waals surface area contributed by atoms with Gasteiger partial charge in [-0.2, -0.15) is 0 Å². The summed E-state index contributed by atoms with van der Waals surface area (Å²) in [6.07, 6.45) is 6.28. The van der Waals surface area contributed by atoms with Gasteiger partial charge in [-0.25, -0.2) is 12.8 Å². The van der Waals surface area contributed by atoms with Crippen LogP contribution >= 0.6 is 0 Å². The minimum absolute atomic E-state index is 0.0364. The summed E-state index contributed by atoms with van der Waals surface area (Å²) in [5.41, 5.74) is 1.12. The molecule has 1 atom stereocenters. The minimum atomic E-state index is -2.92. The molecule has 0 amide bonds. The lowest BCUT2D eigenvalue weighted by molar-refractivity contribution is 0.290. The number of halogens is 1. The van der Waals surface area contributed by atoms with Gasteiger partial charge in [0.1, 0.15) is 5.82 Å². The Morgan fingerprint density at radius 3 is 2.50 bits per heavy atom. The Labute approximate surface area is 155 Å². The first-order valence-corrected chi connectivity index (χ1v) is 11.2. The molecule has 2 fully saturated rings. The number of aliphatic imine (C=N–C) groups is 1. The van der Waals surface area contributed by atoms with E-state index in [1.807, 2.05) is 12.1 Å². The summed E-state index contributed by atoms with van der Waals surface area (Å²) >= 11 is 0. The molecule has 1 unspecified atom stereocenters. The molecule has 0 spiro atoms. The first-order valence-electron chi connectivity index (χ1n) is 9.36. The van der Waals surface area contributed by atoms with Crippen molar-refractivity contribution in [3.05, 3.63) is 35.6 Å². The Balaban J connectivity index is 1.68. The van der Waals surface area contributed by atoms with Crippen LogP contribution in [0.3, 0.4) is 0 Å². The van der Waals surface area contributed by atoms with Crippen molar-refractivity contribution < 1.29 is 12.8 Å². The van der Waals surface area contributed by atoms with Crippen LogP contribution in [-0.2, 0) is 15.3 Å². The second kappa shape index (κ2) is 7.94. The van der Waals surface area contributed by atoms with Gasteiger partial charge in [0, 0.05) is 25.0 Å². The van der Waals surface area contributed by atoms with Gasteiger partial charge in [0.25, 0.3) is 0 Å². The SMILES string of the molecule is CN=C(NCC1(c2ccc(F)cc2)CCCCC1)NC1CCS(=O)(=O)C1. The van der Waals surface area contributed by atoms with Crippen molar-refractivity contribution >= 4 is 15.8 Å². The maximum absolute atomic E-state index is 13.3. The number of rotatable bonds is 4. The predicted molar refractivity (Wildman–Crippen MR) is 103 cm³/mol. The summed E-state index contributed by atoms with van der Waals surface area (Å²) in [4.78, 5) is 4.26. The Kier molecular flexibility index (Phi) is 5.85. The van der Waals surface area contributed by atoms with E-state index in [4.69, 9.17) is 0 Å². The van der Waals surface area contributed by atoms with E-state index in [1.165, 1.54) is 18.6 Å². The molecule has 2 N–H and O–H groups in total. The van der Waals surface area contributed by atoms with Gasteiger partial charge >= 0.3 is 0 Å². The fourth-order valence-corrected chi connectivity index (χ4v) is 5.82. The normalized spacial score (nSPS) is 25.0. The van der Waals surface area contributed by atoms with Crippen molar-refractivity contribution in [2.75, 3.05) is 25.1 Å². The zero-order valence-electron chi connectivity index (χ0n) is 15.3. The van der Waals surface area contributed by atoms with E-state index in [-0.39, 0.29) is 28.8 Å². The first kappa shape index (κ1) is 19.1. The predicted octanol–water partition coefficient (Wildman–Crippen LogP) is 2.38. The van der Waals surface area contributed by atoms with E-state index >= 15 is 0 Å². The highest BCUT2D eigenvalue weighted by atomic mass is 32.2. The standard InChI is InChI=1S/C19H28FN3O2S/c1-21-18(23-17-9-12-26(24,25)13-17)22-14-19(10-3-2-4-11-19)15-5-7-16(20)8-6-15/h5-8,17H,2-4,9-14H2,1H3,(H2,21,22,23). The summed E-state index contributed by atoms with van der Waals surface area (Å²) in [5, 5.41) is 6.64. The van der Waals surface area contributed by atoms with Crippen molar-refractivity contribution in [1.82, 2.24) is 10.6 Å². The van der Waals surface area contributed by atoms with E-state index in [0.717, 1.165) is 31.2 Å².